The van der Waals surface area contributed by atoms with E-state index >= 15 is 0 Å². The standard InChI is InChI=1S/C17H29N9O5S2/c18-6-3-11-4-7-26(8-5-11)13-1-2-14(33(30,31)21-10-12(27)9-19)16(32(20,28)29)15(13)17-22-24-25-23-17/h1-2,11-12,21,27H,3-10,18-19H2,(H2,20,28,29)(H,22,23,24,25)/t12-/m1/s1. The summed E-state index contributed by atoms with van der Waals surface area (Å²) in [5.74, 6) is 0.340. The van der Waals surface area contributed by atoms with Gasteiger partial charge < -0.3 is 21.5 Å². The Morgan fingerprint density at radius 1 is 1.21 bits per heavy atom. The molecule has 0 unspecified atom stereocenters. The lowest BCUT2D eigenvalue weighted by molar-refractivity contribution is 0.186. The smallest absolute Gasteiger partial charge is 0.242 e. The van der Waals surface area contributed by atoms with Gasteiger partial charge in [-0.3, -0.25) is 0 Å². The van der Waals surface area contributed by atoms with Crippen LogP contribution in [-0.4, -0.2) is 81.4 Å². The van der Waals surface area contributed by atoms with Gasteiger partial charge in [0.15, 0.2) is 0 Å². The molecular formula is C17H29N9O5S2. The molecule has 1 aromatic carbocycles. The fraction of sp³-hybridized carbons (Fsp3) is 0.588. The number of nitrogens with one attached hydrogen (secondary N) is 2. The highest BCUT2D eigenvalue weighted by Crippen LogP contribution is 2.39. The van der Waals surface area contributed by atoms with Crippen molar-refractivity contribution in [1.82, 2.24) is 25.3 Å². The Bertz CT molecular complexity index is 1150. The average molecular weight is 504 g/mol. The first-order chi connectivity index (χ1) is 15.6. The van der Waals surface area contributed by atoms with Crippen LogP contribution in [0, 0.1) is 5.92 Å². The molecule has 1 atom stereocenters. The lowest BCUT2D eigenvalue weighted by Crippen LogP contribution is -2.37. The van der Waals surface area contributed by atoms with Gasteiger partial charge >= 0.3 is 0 Å². The SMILES string of the molecule is NCCC1CCN(c2ccc(S(=O)(=O)NC[C@H](O)CN)c(S(N)(=O)=O)c2-c2nn[nH]n2)CC1. The van der Waals surface area contributed by atoms with Crippen LogP contribution in [0.15, 0.2) is 21.9 Å². The maximum Gasteiger partial charge on any atom is 0.242 e. The van der Waals surface area contributed by atoms with E-state index in [0.717, 1.165) is 19.3 Å². The number of rotatable bonds is 10. The quantitative estimate of drug-likeness (QED) is 0.201. The zero-order valence-corrected chi connectivity index (χ0v) is 19.5. The molecule has 0 amide bonds. The third-order valence-corrected chi connectivity index (χ3v) is 8.14. The van der Waals surface area contributed by atoms with Crippen molar-refractivity contribution in [1.29, 1.82) is 0 Å². The van der Waals surface area contributed by atoms with E-state index in [9.17, 15) is 21.9 Å². The molecule has 3 rings (SSSR count). The Morgan fingerprint density at radius 2 is 1.91 bits per heavy atom. The van der Waals surface area contributed by atoms with Crippen molar-refractivity contribution in [2.24, 2.45) is 22.5 Å². The summed E-state index contributed by atoms with van der Waals surface area (Å²) >= 11 is 0. The highest BCUT2D eigenvalue weighted by Gasteiger charge is 2.34. The van der Waals surface area contributed by atoms with Gasteiger partial charge in [0.2, 0.25) is 25.9 Å². The third kappa shape index (κ3) is 5.84. The second kappa shape index (κ2) is 10.4. The van der Waals surface area contributed by atoms with Crippen LogP contribution in [0.5, 0.6) is 0 Å². The Kier molecular flexibility index (Phi) is 7.99. The zero-order valence-electron chi connectivity index (χ0n) is 17.9. The minimum Gasteiger partial charge on any atom is -0.390 e. The largest absolute Gasteiger partial charge is 0.390 e. The van der Waals surface area contributed by atoms with Crippen LogP contribution < -0.4 is 26.2 Å². The number of nitrogens with zero attached hydrogens (tertiary/aromatic N) is 4. The third-order valence-electron chi connectivity index (χ3n) is 5.55. The summed E-state index contributed by atoms with van der Waals surface area (Å²) in [5.41, 5.74) is 11.3. The first-order valence-corrected chi connectivity index (χ1v) is 13.4. The van der Waals surface area contributed by atoms with Crippen molar-refractivity contribution in [3.63, 3.8) is 0 Å². The van der Waals surface area contributed by atoms with Gasteiger partial charge in [-0.1, -0.05) is 0 Å². The fourth-order valence-corrected chi connectivity index (χ4v) is 6.53. The van der Waals surface area contributed by atoms with E-state index in [-0.39, 0.29) is 17.9 Å². The molecule has 33 heavy (non-hydrogen) atoms. The van der Waals surface area contributed by atoms with E-state index in [4.69, 9.17) is 16.6 Å². The Morgan fingerprint density at radius 3 is 2.45 bits per heavy atom. The molecule has 0 radical (unpaired) electrons. The number of hydrogen-bond donors (Lipinski definition) is 6. The van der Waals surface area contributed by atoms with Gasteiger partial charge in [-0.2, -0.15) is 5.21 Å². The number of piperidine rings is 1. The van der Waals surface area contributed by atoms with Crippen molar-refractivity contribution < 1.29 is 21.9 Å². The van der Waals surface area contributed by atoms with Gasteiger partial charge in [0, 0.05) is 31.9 Å². The van der Waals surface area contributed by atoms with Gasteiger partial charge in [0.05, 0.1) is 11.7 Å². The molecule has 0 bridgehead atoms. The number of hydrogen-bond acceptors (Lipinski definition) is 11. The number of tetrazole rings is 1. The Labute approximate surface area is 192 Å². The van der Waals surface area contributed by atoms with Crippen LogP contribution in [0.3, 0.4) is 0 Å². The molecule has 14 nitrogen and oxygen atoms in total. The van der Waals surface area contributed by atoms with E-state index in [1.54, 1.807) is 0 Å². The molecule has 2 heterocycles. The first kappa shape index (κ1) is 25.4. The number of nitrogens with two attached hydrogens (primary N) is 3. The van der Waals surface area contributed by atoms with Gasteiger partial charge in [-0.05, 0) is 49.1 Å². The highest BCUT2D eigenvalue weighted by atomic mass is 32.2. The van der Waals surface area contributed by atoms with Crippen LogP contribution in [-0.2, 0) is 20.0 Å². The first-order valence-electron chi connectivity index (χ1n) is 10.3. The second-order valence-corrected chi connectivity index (χ2v) is 11.1. The normalized spacial score (nSPS) is 16.8. The summed E-state index contributed by atoms with van der Waals surface area (Å²) in [6.07, 6.45) is 1.42. The number of sulfonamides is 2. The predicted molar refractivity (Wildman–Crippen MR) is 120 cm³/mol. The van der Waals surface area contributed by atoms with Crippen molar-refractivity contribution in [2.75, 3.05) is 37.6 Å². The number of benzene rings is 1. The summed E-state index contributed by atoms with van der Waals surface area (Å²) in [4.78, 5) is 0.700. The molecule has 1 fully saturated rings. The summed E-state index contributed by atoms with van der Waals surface area (Å²) in [6, 6.07) is 2.67. The van der Waals surface area contributed by atoms with Gasteiger partial charge in [0.1, 0.15) is 9.79 Å². The summed E-state index contributed by atoms with van der Waals surface area (Å²) in [7, 11) is -8.97. The molecule has 1 aliphatic heterocycles. The fourth-order valence-electron chi connectivity index (χ4n) is 3.86. The Balaban J connectivity index is 2.14. The summed E-state index contributed by atoms with van der Waals surface area (Å²) in [5, 5.41) is 28.7. The van der Waals surface area contributed by atoms with E-state index in [1.165, 1.54) is 12.1 Å². The summed E-state index contributed by atoms with van der Waals surface area (Å²) < 4.78 is 53.5. The number of aromatic nitrogens is 4. The number of H-pyrrole nitrogens is 1. The maximum atomic E-state index is 13.0. The molecule has 9 N–H and O–H groups in total. The van der Waals surface area contributed by atoms with Gasteiger partial charge in [-0.15, -0.1) is 10.2 Å². The Hall–Kier alpha value is -2.21. The number of primary sulfonamides is 1. The molecule has 1 aliphatic rings. The molecule has 0 saturated carbocycles. The highest BCUT2D eigenvalue weighted by molar-refractivity contribution is 7.92. The zero-order chi connectivity index (χ0) is 24.2. The van der Waals surface area contributed by atoms with Crippen LogP contribution in [0.1, 0.15) is 19.3 Å². The van der Waals surface area contributed by atoms with E-state index in [2.05, 4.69) is 25.3 Å². The molecular weight excluding hydrogens is 474 g/mol. The lowest BCUT2D eigenvalue weighted by atomic mass is 9.93. The topological polar surface area (TPSA) is 236 Å². The molecule has 16 heteroatoms. The van der Waals surface area contributed by atoms with Crippen molar-refractivity contribution in [3.05, 3.63) is 12.1 Å². The van der Waals surface area contributed by atoms with Crippen LogP contribution in [0.2, 0.25) is 0 Å². The monoisotopic (exact) mass is 503 g/mol. The number of aromatic amines is 1. The number of aliphatic hydroxyl groups excluding tert-OH is 1. The van der Waals surface area contributed by atoms with Crippen LogP contribution in [0.25, 0.3) is 11.4 Å². The average Bonchev–Trinajstić information content (AvgIpc) is 3.31. The maximum absolute atomic E-state index is 13.0. The minimum atomic E-state index is -4.57. The molecule has 0 spiro atoms. The predicted octanol–water partition coefficient (Wildman–Crippen LogP) is -2.32. The number of anilines is 1. The van der Waals surface area contributed by atoms with E-state index < -0.39 is 42.5 Å². The van der Waals surface area contributed by atoms with Crippen LogP contribution >= 0.6 is 0 Å². The van der Waals surface area contributed by atoms with Crippen LogP contribution in [0.4, 0.5) is 5.69 Å². The molecule has 184 valence electrons. The van der Waals surface area contributed by atoms with Crippen molar-refractivity contribution in [2.45, 2.75) is 35.2 Å². The van der Waals surface area contributed by atoms with Gasteiger partial charge in [0.25, 0.3) is 0 Å². The van der Waals surface area contributed by atoms with E-state index in [0.29, 0.717) is 31.2 Å². The summed E-state index contributed by atoms with van der Waals surface area (Å²) in [6.45, 7) is 1.21. The second-order valence-electron chi connectivity index (χ2n) is 7.82. The molecule has 1 saturated heterocycles. The molecule has 2 aromatic rings. The minimum absolute atomic E-state index is 0.0641. The van der Waals surface area contributed by atoms with Crippen molar-refractivity contribution in [3.8, 4) is 11.4 Å². The van der Waals surface area contributed by atoms with Crippen molar-refractivity contribution >= 4 is 25.7 Å². The molecule has 0 aliphatic carbocycles. The van der Waals surface area contributed by atoms with Gasteiger partial charge in [-0.25, -0.2) is 26.7 Å². The number of aliphatic hydroxyl groups is 1. The van der Waals surface area contributed by atoms with E-state index in [1.807, 2.05) is 4.90 Å². The molecule has 1 aromatic heterocycles. The lowest BCUT2D eigenvalue weighted by Gasteiger charge is -2.35.